The van der Waals surface area contributed by atoms with Gasteiger partial charge in [-0.3, -0.25) is 0 Å². The van der Waals surface area contributed by atoms with Crippen LogP contribution in [0.5, 0.6) is 0 Å². The second-order valence-electron chi connectivity index (χ2n) is 5.67. The van der Waals surface area contributed by atoms with Crippen LogP contribution in [0.4, 0.5) is 11.4 Å². The van der Waals surface area contributed by atoms with Gasteiger partial charge in [-0.15, -0.1) is 0 Å². The summed E-state index contributed by atoms with van der Waals surface area (Å²) in [4.78, 5) is 2.29. The summed E-state index contributed by atoms with van der Waals surface area (Å²) in [7, 11) is 0. The molecule has 0 aliphatic rings. The highest BCUT2D eigenvalue weighted by Gasteiger charge is 2.08. The van der Waals surface area contributed by atoms with Crippen LogP contribution in [-0.4, -0.2) is 13.1 Å². The summed E-state index contributed by atoms with van der Waals surface area (Å²) < 4.78 is 0. The van der Waals surface area contributed by atoms with Gasteiger partial charge in [0.2, 0.25) is 0 Å². The van der Waals surface area contributed by atoms with Gasteiger partial charge in [-0.2, -0.15) is 0 Å². The monoisotopic (exact) mass is 282 g/mol. The van der Waals surface area contributed by atoms with E-state index in [2.05, 4.69) is 69.0 Å². The van der Waals surface area contributed by atoms with Gasteiger partial charge in [0, 0.05) is 13.1 Å². The summed E-state index contributed by atoms with van der Waals surface area (Å²) in [6, 6.07) is 13.1. The molecule has 0 heterocycles. The van der Waals surface area contributed by atoms with E-state index in [-0.39, 0.29) is 0 Å². The molecule has 0 saturated heterocycles. The summed E-state index contributed by atoms with van der Waals surface area (Å²) in [6.45, 7) is 10.6. The van der Waals surface area contributed by atoms with Crippen LogP contribution in [-0.2, 0) is 6.42 Å². The maximum atomic E-state index is 6.25. The Morgan fingerprint density at radius 1 is 0.952 bits per heavy atom. The van der Waals surface area contributed by atoms with Gasteiger partial charge in [-0.25, -0.2) is 0 Å². The van der Waals surface area contributed by atoms with E-state index in [0.717, 1.165) is 30.9 Å². The third-order valence-corrected chi connectivity index (χ3v) is 4.10. The largest absolute Gasteiger partial charge is 0.397 e. The van der Waals surface area contributed by atoms with Crippen molar-refractivity contribution < 1.29 is 0 Å². The Labute approximate surface area is 128 Å². The lowest BCUT2D eigenvalue weighted by atomic mass is 9.98. The third kappa shape index (κ3) is 3.57. The van der Waals surface area contributed by atoms with Gasteiger partial charge < -0.3 is 10.6 Å². The quantitative estimate of drug-likeness (QED) is 0.827. The molecule has 0 spiro atoms. The molecule has 2 aromatic carbocycles. The number of rotatable bonds is 5. The van der Waals surface area contributed by atoms with Crippen molar-refractivity contribution in [3.8, 4) is 0 Å². The number of anilines is 2. The Morgan fingerprint density at radius 2 is 1.67 bits per heavy atom. The van der Waals surface area contributed by atoms with E-state index in [0.29, 0.717) is 0 Å². The predicted octanol–water partition coefficient (Wildman–Crippen LogP) is 4.32. The molecule has 21 heavy (non-hydrogen) atoms. The molecule has 0 aromatic heterocycles. The summed E-state index contributed by atoms with van der Waals surface area (Å²) in [5.74, 6) is 0. The first-order valence-electron chi connectivity index (χ1n) is 7.74. The zero-order valence-electron chi connectivity index (χ0n) is 13.6. The first-order valence-corrected chi connectivity index (χ1v) is 7.74. The summed E-state index contributed by atoms with van der Waals surface area (Å²) in [6.07, 6.45) is 0.941. The van der Waals surface area contributed by atoms with Crippen molar-refractivity contribution in [1.82, 2.24) is 0 Å². The lowest BCUT2D eigenvalue weighted by Gasteiger charge is -2.23. The van der Waals surface area contributed by atoms with E-state index >= 15 is 0 Å². The minimum absolute atomic E-state index is 0.876. The molecular formula is C19H26N2. The van der Waals surface area contributed by atoms with Gasteiger partial charge in [-0.1, -0.05) is 29.8 Å². The van der Waals surface area contributed by atoms with Crippen LogP contribution in [0.2, 0.25) is 0 Å². The fourth-order valence-electron chi connectivity index (χ4n) is 2.78. The average molecular weight is 282 g/mol. The van der Waals surface area contributed by atoms with E-state index in [9.17, 15) is 0 Å². The van der Waals surface area contributed by atoms with Gasteiger partial charge in [0.25, 0.3) is 0 Å². The molecule has 0 amide bonds. The van der Waals surface area contributed by atoms with Gasteiger partial charge in [0.1, 0.15) is 0 Å². The maximum Gasteiger partial charge on any atom is 0.0599 e. The van der Waals surface area contributed by atoms with E-state index < -0.39 is 0 Å². The van der Waals surface area contributed by atoms with Crippen LogP contribution in [0.1, 0.15) is 36.1 Å². The van der Waals surface area contributed by atoms with Crippen LogP contribution in [0.25, 0.3) is 0 Å². The van der Waals surface area contributed by atoms with Crippen molar-refractivity contribution >= 4 is 11.4 Å². The average Bonchev–Trinajstić information content (AvgIpc) is 2.46. The predicted molar refractivity (Wildman–Crippen MR) is 93.1 cm³/mol. The first-order chi connectivity index (χ1) is 10.0. The zero-order chi connectivity index (χ0) is 15.4. The molecule has 2 rings (SSSR count). The van der Waals surface area contributed by atoms with E-state index in [1.807, 2.05) is 0 Å². The van der Waals surface area contributed by atoms with E-state index in [1.54, 1.807) is 0 Å². The molecule has 0 aliphatic carbocycles. The Balaban J connectivity index is 2.26. The van der Waals surface area contributed by atoms with Crippen LogP contribution in [0.3, 0.4) is 0 Å². The molecule has 2 N–H and O–H groups in total. The lowest BCUT2D eigenvalue weighted by Crippen LogP contribution is -2.22. The Hall–Kier alpha value is -1.96. The molecule has 0 atom stereocenters. The molecule has 0 radical (unpaired) electrons. The SMILES string of the molecule is CCN(CC)c1ccc(Cc2cc(C)ccc2C)cc1N. The summed E-state index contributed by atoms with van der Waals surface area (Å²) in [5, 5.41) is 0. The standard InChI is InChI=1S/C19H26N2/c1-5-21(6-2)19-10-9-16(13-18(19)20)12-17-11-14(3)7-8-15(17)4/h7-11,13H,5-6,12,20H2,1-4H3. The normalized spacial score (nSPS) is 10.7. The van der Waals surface area contributed by atoms with Crippen LogP contribution < -0.4 is 10.6 Å². The molecule has 0 unspecified atom stereocenters. The topological polar surface area (TPSA) is 29.3 Å². The summed E-state index contributed by atoms with van der Waals surface area (Å²) >= 11 is 0. The molecule has 0 fully saturated rings. The molecule has 0 aliphatic heterocycles. The number of nitrogens with two attached hydrogens (primary N) is 1. The van der Waals surface area contributed by atoms with Crippen molar-refractivity contribution in [3.05, 3.63) is 58.7 Å². The van der Waals surface area contributed by atoms with Crippen LogP contribution in [0, 0.1) is 13.8 Å². The zero-order valence-corrected chi connectivity index (χ0v) is 13.6. The van der Waals surface area contributed by atoms with Gasteiger partial charge >= 0.3 is 0 Å². The smallest absolute Gasteiger partial charge is 0.0599 e. The van der Waals surface area contributed by atoms with E-state index in [1.165, 1.54) is 22.3 Å². The number of hydrogen-bond acceptors (Lipinski definition) is 2. The summed E-state index contributed by atoms with van der Waals surface area (Å²) in [5.41, 5.74) is 13.6. The number of nitrogen functional groups attached to an aromatic ring is 1. The Kier molecular flexibility index (Phi) is 4.89. The first kappa shape index (κ1) is 15.4. The van der Waals surface area contributed by atoms with Crippen molar-refractivity contribution in [2.75, 3.05) is 23.7 Å². The Bertz CT molecular complexity index is 613. The maximum absolute atomic E-state index is 6.25. The second-order valence-corrected chi connectivity index (χ2v) is 5.67. The van der Waals surface area contributed by atoms with E-state index in [4.69, 9.17) is 5.73 Å². The third-order valence-electron chi connectivity index (χ3n) is 4.10. The van der Waals surface area contributed by atoms with Crippen molar-refractivity contribution in [2.45, 2.75) is 34.1 Å². The number of aryl methyl sites for hydroxylation is 2. The van der Waals surface area contributed by atoms with Gasteiger partial charge in [0.05, 0.1) is 11.4 Å². The molecule has 0 bridgehead atoms. The molecule has 2 heteroatoms. The molecule has 112 valence electrons. The molecule has 2 aromatic rings. The minimum Gasteiger partial charge on any atom is -0.397 e. The van der Waals surface area contributed by atoms with Crippen molar-refractivity contribution in [1.29, 1.82) is 0 Å². The molecular weight excluding hydrogens is 256 g/mol. The molecule has 0 saturated carbocycles. The fraction of sp³-hybridized carbons (Fsp3) is 0.368. The minimum atomic E-state index is 0.876. The van der Waals surface area contributed by atoms with Gasteiger partial charge in [0.15, 0.2) is 0 Å². The second kappa shape index (κ2) is 6.66. The number of benzene rings is 2. The van der Waals surface area contributed by atoms with Crippen LogP contribution in [0.15, 0.2) is 36.4 Å². The van der Waals surface area contributed by atoms with Crippen molar-refractivity contribution in [2.24, 2.45) is 0 Å². The van der Waals surface area contributed by atoms with Crippen LogP contribution >= 0.6 is 0 Å². The highest BCUT2D eigenvalue weighted by atomic mass is 15.1. The number of hydrogen-bond donors (Lipinski definition) is 1. The van der Waals surface area contributed by atoms with Crippen molar-refractivity contribution in [3.63, 3.8) is 0 Å². The number of nitrogens with zero attached hydrogens (tertiary/aromatic N) is 1. The highest BCUT2D eigenvalue weighted by molar-refractivity contribution is 5.68. The Morgan fingerprint density at radius 3 is 2.29 bits per heavy atom. The lowest BCUT2D eigenvalue weighted by molar-refractivity contribution is 0.867. The van der Waals surface area contributed by atoms with Gasteiger partial charge in [-0.05, 0) is 62.9 Å². The highest BCUT2D eigenvalue weighted by Crippen LogP contribution is 2.26. The fourth-order valence-corrected chi connectivity index (χ4v) is 2.78. The molecule has 2 nitrogen and oxygen atoms in total.